The van der Waals surface area contributed by atoms with Gasteiger partial charge in [-0.2, -0.15) is 0 Å². The summed E-state index contributed by atoms with van der Waals surface area (Å²) in [5.74, 6) is 0.637. The second kappa shape index (κ2) is 6.87. The number of halogens is 2. The van der Waals surface area contributed by atoms with Crippen LogP contribution in [0.25, 0.3) is 0 Å². The number of hydrogen-bond donors (Lipinski definition) is 0. The van der Waals surface area contributed by atoms with Gasteiger partial charge in [-0.25, -0.2) is 0 Å². The van der Waals surface area contributed by atoms with Crippen LogP contribution in [0.5, 0.6) is 5.75 Å². The third-order valence-electron chi connectivity index (χ3n) is 3.06. The molecule has 0 saturated carbocycles. The molecule has 0 aliphatic heterocycles. The molecule has 20 heavy (non-hydrogen) atoms. The van der Waals surface area contributed by atoms with Gasteiger partial charge >= 0.3 is 0 Å². The molecule has 2 aromatic rings. The number of rotatable bonds is 5. The van der Waals surface area contributed by atoms with Gasteiger partial charge in [-0.15, -0.1) is 0 Å². The summed E-state index contributed by atoms with van der Waals surface area (Å²) >= 11 is 12.0. The summed E-state index contributed by atoms with van der Waals surface area (Å²) in [7, 11) is 0. The van der Waals surface area contributed by atoms with E-state index in [1.807, 2.05) is 25.1 Å². The lowest BCUT2D eigenvalue weighted by Crippen LogP contribution is -2.37. The summed E-state index contributed by atoms with van der Waals surface area (Å²) < 4.78 is 5.94. The summed E-state index contributed by atoms with van der Waals surface area (Å²) in [6.07, 6.45) is -0.124. The van der Waals surface area contributed by atoms with Crippen LogP contribution < -0.4 is 9.64 Å². The summed E-state index contributed by atoms with van der Waals surface area (Å²) in [6.45, 7) is 4.94. The summed E-state index contributed by atoms with van der Waals surface area (Å²) in [5.41, 5.74) is 1.12. The van der Waals surface area contributed by atoms with Crippen LogP contribution in [-0.4, -0.2) is 12.8 Å². The lowest BCUT2D eigenvalue weighted by atomic mass is 10.3. The fraction of sp³-hybridized carbons (Fsp3) is 0.250. The summed E-state index contributed by atoms with van der Waals surface area (Å²) in [5, 5.41) is 1.12. The van der Waals surface area contributed by atoms with Crippen LogP contribution in [-0.2, 0) is 0 Å². The van der Waals surface area contributed by atoms with Gasteiger partial charge in [0, 0.05) is 17.3 Å². The Morgan fingerprint density at radius 3 is 2.40 bits per heavy atom. The molecular weight excluding hydrogens is 293 g/mol. The Bertz CT molecular complexity index is 560. The average molecular weight is 310 g/mol. The van der Waals surface area contributed by atoms with Gasteiger partial charge in [0.15, 0.2) is 6.23 Å². The van der Waals surface area contributed by atoms with Gasteiger partial charge in [0.25, 0.3) is 0 Å². The molecule has 0 bridgehead atoms. The molecule has 0 saturated heterocycles. The molecule has 2 aromatic carbocycles. The standard InChI is InChI=1S/C16H17Cl2NO/c1-3-19(14-7-5-4-6-8-14)12(2)20-16-10-9-13(17)11-15(16)18/h4-12H,3H2,1-2H3. The van der Waals surface area contributed by atoms with Crippen molar-refractivity contribution in [1.29, 1.82) is 0 Å². The van der Waals surface area contributed by atoms with E-state index < -0.39 is 0 Å². The van der Waals surface area contributed by atoms with Gasteiger partial charge in [0.2, 0.25) is 0 Å². The van der Waals surface area contributed by atoms with Gasteiger partial charge in [-0.3, -0.25) is 0 Å². The molecule has 0 aliphatic carbocycles. The second-order valence-electron chi connectivity index (χ2n) is 4.41. The maximum Gasteiger partial charge on any atom is 0.169 e. The van der Waals surface area contributed by atoms with E-state index in [1.165, 1.54) is 0 Å². The predicted molar refractivity (Wildman–Crippen MR) is 86.0 cm³/mol. The molecule has 0 aromatic heterocycles. The van der Waals surface area contributed by atoms with Crippen molar-refractivity contribution in [3.05, 3.63) is 58.6 Å². The highest BCUT2D eigenvalue weighted by Gasteiger charge is 2.15. The van der Waals surface area contributed by atoms with E-state index in [4.69, 9.17) is 27.9 Å². The van der Waals surface area contributed by atoms with Crippen molar-refractivity contribution < 1.29 is 4.74 Å². The van der Waals surface area contributed by atoms with Crippen molar-refractivity contribution in [2.75, 3.05) is 11.4 Å². The molecule has 0 radical (unpaired) electrons. The van der Waals surface area contributed by atoms with Crippen molar-refractivity contribution >= 4 is 28.9 Å². The zero-order chi connectivity index (χ0) is 14.5. The lowest BCUT2D eigenvalue weighted by molar-refractivity contribution is 0.216. The Morgan fingerprint density at radius 1 is 1.10 bits per heavy atom. The maximum atomic E-state index is 6.14. The Labute approximate surface area is 129 Å². The van der Waals surface area contributed by atoms with E-state index in [2.05, 4.69) is 24.0 Å². The van der Waals surface area contributed by atoms with Crippen molar-refractivity contribution in [3.8, 4) is 5.75 Å². The molecule has 1 atom stereocenters. The molecule has 106 valence electrons. The molecule has 2 rings (SSSR count). The summed E-state index contributed by atoms with van der Waals surface area (Å²) in [6, 6.07) is 15.4. The van der Waals surface area contributed by atoms with Crippen LogP contribution in [0.3, 0.4) is 0 Å². The number of ether oxygens (including phenoxy) is 1. The average Bonchev–Trinajstić information content (AvgIpc) is 2.44. The highest BCUT2D eigenvalue weighted by molar-refractivity contribution is 6.35. The molecule has 0 N–H and O–H groups in total. The Hall–Kier alpha value is -1.38. The highest BCUT2D eigenvalue weighted by atomic mass is 35.5. The topological polar surface area (TPSA) is 12.5 Å². The van der Waals surface area contributed by atoms with Crippen molar-refractivity contribution in [2.24, 2.45) is 0 Å². The molecule has 0 aliphatic rings. The van der Waals surface area contributed by atoms with Crippen LogP contribution in [0.4, 0.5) is 5.69 Å². The minimum Gasteiger partial charge on any atom is -0.469 e. The smallest absolute Gasteiger partial charge is 0.169 e. The van der Waals surface area contributed by atoms with Gasteiger partial charge in [0.05, 0.1) is 5.02 Å². The van der Waals surface area contributed by atoms with Crippen LogP contribution in [0.1, 0.15) is 13.8 Å². The van der Waals surface area contributed by atoms with E-state index in [0.29, 0.717) is 15.8 Å². The maximum absolute atomic E-state index is 6.14. The van der Waals surface area contributed by atoms with Crippen LogP contribution in [0, 0.1) is 0 Å². The first kappa shape index (κ1) is 15.0. The van der Waals surface area contributed by atoms with E-state index in [0.717, 1.165) is 12.2 Å². The predicted octanol–water partition coefficient (Wildman–Crippen LogP) is 5.24. The molecular formula is C16H17Cl2NO. The van der Waals surface area contributed by atoms with E-state index >= 15 is 0 Å². The number of anilines is 1. The Balaban J connectivity index is 2.15. The van der Waals surface area contributed by atoms with Crippen LogP contribution >= 0.6 is 23.2 Å². The zero-order valence-corrected chi connectivity index (χ0v) is 13.0. The first-order valence-electron chi connectivity index (χ1n) is 6.55. The van der Waals surface area contributed by atoms with Crippen molar-refractivity contribution in [3.63, 3.8) is 0 Å². The molecule has 0 spiro atoms. The van der Waals surface area contributed by atoms with Gasteiger partial charge in [-0.05, 0) is 44.2 Å². The first-order chi connectivity index (χ1) is 9.61. The number of para-hydroxylation sites is 1. The normalized spacial score (nSPS) is 12.0. The SMILES string of the molecule is CCN(c1ccccc1)C(C)Oc1ccc(Cl)cc1Cl. The van der Waals surface area contributed by atoms with Gasteiger partial charge < -0.3 is 9.64 Å². The van der Waals surface area contributed by atoms with E-state index in [9.17, 15) is 0 Å². The van der Waals surface area contributed by atoms with Crippen molar-refractivity contribution in [1.82, 2.24) is 0 Å². The third-order valence-corrected chi connectivity index (χ3v) is 3.59. The minimum absolute atomic E-state index is 0.124. The number of benzene rings is 2. The largest absolute Gasteiger partial charge is 0.469 e. The summed E-state index contributed by atoms with van der Waals surface area (Å²) in [4.78, 5) is 2.16. The molecule has 0 amide bonds. The zero-order valence-electron chi connectivity index (χ0n) is 11.5. The Kier molecular flexibility index (Phi) is 5.16. The Morgan fingerprint density at radius 2 is 1.80 bits per heavy atom. The minimum atomic E-state index is -0.124. The van der Waals surface area contributed by atoms with E-state index in [1.54, 1.807) is 18.2 Å². The molecule has 1 unspecified atom stereocenters. The van der Waals surface area contributed by atoms with Crippen LogP contribution in [0.2, 0.25) is 10.0 Å². The third kappa shape index (κ3) is 3.59. The molecule has 2 nitrogen and oxygen atoms in total. The molecule has 0 heterocycles. The van der Waals surface area contributed by atoms with Crippen molar-refractivity contribution in [2.45, 2.75) is 20.1 Å². The van der Waals surface area contributed by atoms with Crippen LogP contribution in [0.15, 0.2) is 48.5 Å². The fourth-order valence-corrected chi connectivity index (χ4v) is 2.54. The van der Waals surface area contributed by atoms with E-state index in [-0.39, 0.29) is 6.23 Å². The lowest BCUT2D eigenvalue weighted by Gasteiger charge is -2.30. The molecule has 0 fully saturated rings. The first-order valence-corrected chi connectivity index (χ1v) is 7.30. The second-order valence-corrected chi connectivity index (χ2v) is 5.26. The number of hydrogen-bond acceptors (Lipinski definition) is 2. The number of nitrogens with zero attached hydrogens (tertiary/aromatic N) is 1. The molecule has 4 heteroatoms. The van der Waals surface area contributed by atoms with Gasteiger partial charge in [-0.1, -0.05) is 41.4 Å². The highest BCUT2D eigenvalue weighted by Crippen LogP contribution is 2.29. The fourth-order valence-electron chi connectivity index (χ4n) is 2.09. The van der Waals surface area contributed by atoms with Gasteiger partial charge in [0.1, 0.15) is 5.75 Å². The quantitative estimate of drug-likeness (QED) is 0.700. The monoisotopic (exact) mass is 309 g/mol.